The van der Waals surface area contributed by atoms with Gasteiger partial charge in [-0.3, -0.25) is 14.9 Å². The summed E-state index contributed by atoms with van der Waals surface area (Å²) in [6.07, 6.45) is 4.94. The number of hydrogen-bond acceptors (Lipinski definition) is 6. The first-order chi connectivity index (χ1) is 14.5. The number of rotatable bonds is 8. The maximum Gasteiger partial charge on any atom is 0.407 e. The Kier molecular flexibility index (Phi) is 7.64. The van der Waals surface area contributed by atoms with E-state index in [1.165, 1.54) is 0 Å². The molecule has 2 aromatic heterocycles. The second-order valence-corrected chi connectivity index (χ2v) is 7.64. The molecule has 1 saturated heterocycles. The normalized spacial score (nSPS) is 16.4. The van der Waals surface area contributed by atoms with Gasteiger partial charge in [-0.15, -0.1) is 0 Å². The average molecular weight is 415 g/mol. The number of nitrogens with one attached hydrogen (secondary N) is 2. The Morgan fingerprint density at radius 1 is 1.33 bits per heavy atom. The van der Waals surface area contributed by atoms with E-state index >= 15 is 0 Å². The van der Waals surface area contributed by atoms with Crippen LogP contribution in [0, 0.1) is 5.92 Å². The monoisotopic (exact) mass is 415 g/mol. The predicted octanol–water partition coefficient (Wildman–Crippen LogP) is 2.61. The van der Waals surface area contributed by atoms with Crippen LogP contribution in [0.15, 0.2) is 30.6 Å². The van der Waals surface area contributed by atoms with E-state index in [2.05, 4.69) is 20.5 Å². The van der Waals surface area contributed by atoms with Gasteiger partial charge >= 0.3 is 6.09 Å². The van der Waals surface area contributed by atoms with E-state index in [4.69, 9.17) is 9.47 Å². The average Bonchev–Trinajstić information content (AvgIpc) is 3.27. The van der Waals surface area contributed by atoms with E-state index in [-0.39, 0.29) is 30.9 Å². The van der Waals surface area contributed by atoms with E-state index in [1.54, 1.807) is 26.2 Å². The smallest absolute Gasteiger partial charge is 0.407 e. The van der Waals surface area contributed by atoms with E-state index in [1.807, 2.05) is 23.1 Å². The summed E-state index contributed by atoms with van der Waals surface area (Å²) >= 11 is 0. The zero-order chi connectivity index (χ0) is 21.3. The zero-order valence-electron chi connectivity index (χ0n) is 17.5. The summed E-state index contributed by atoms with van der Waals surface area (Å²) in [5.41, 5.74) is 1.66. The van der Waals surface area contributed by atoms with Crippen LogP contribution in [-0.2, 0) is 9.53 Å². The lowest BCUT2D eigenvalue weighted by Crippen LogP contribution is -2.42. The Morgan fingerprint density at radius 2 is 2.20 bits per heavy atom. The molecule has 0 aromatic carbocycles. The van der Waals surface area contributed by atoms with Crippen molar-refractivity contribution in [2.75, 3.05) is 26.2 Å². The third kappa shape index (κ3) is 6.47. The lowest BCUT2D eigenvalue weighted by atomic mass is 9.98. The standard InChI is InChI=1S/C21H29N5O4/c1-15(2)30-21(28)22-9-8-20(27)26-11-3-4-16(13-26)14-29-17-5-6-18(23-12-17)19-7-10-24-25-19/h5-7,10,12,15-16H,3-4,8-9,11,13-14H2,1-2H3,(H,22,28)(H,24,25)/t16-/m1/s1. The van der Waals surface area contributed by atoms with Crippen molar-refractivity contribution in [1.29, 1.82) is 0 Å². The number of ether oxygens (including phenoxy) is 2. The fourth-order valence-electron chi connectivity index (χ4n) is 3.35. The molecule has 30 heavy (non-hydrogen) atoms. The van der Waals surface area contributed by atoms with Crippen LogP contribution in [0.1, 0.15) is 33.1 Å². The van der Waals surface area contributed by atoms with Crippen LogP contribution >= 0.6 is 0 Å². The van der Waals surface area contributed by atoms with Crippen LogP contribution in [-0.4, -0.2) is 64.4 Å². The Morgan fingerprint density at radius 3 is 2.90 bits per heavy atom. The number of likely N-dealkylation sites (tertiary alicyclic amines) is 1. The zero-order valence-corrected chi connectivity index (χ0v) is 17.5. The lowest BCUT2D eigenvalue weighted by Gasteiger charge is -2.32. The van der Waals surface area contributed by atoms with Crippen molar-refractivity contribution < 1.29 is 19.1 Å². The number of nitrogens with zero attached hydrogens (tertiary/aromatic N) is 3. The number of alkyl carbamates (subject to hydrolysis) is 1. The number of carbonyl (C=O) groups is 2. The largest absolute Gasteiger partial charge is 0.492 e. The highest BCUT2D eigenvalue weighted by molar-refractivity contribution is 5.77. The van der Waals surface area contributed by atoms with Gasteiger partial charge in [0.2, 0.25) is 5.91 Å². The third-order valence-corrected chi connectivity index (χ3v) is 4.82. The van der Waals surface area contributed by atoms with Gasteiger partial charge < -0.3 is 19.7 Å². The number of aromatic amines is 1. The van der Waals surface area contributed by atoms with Crippen LogP contribution < -0.4 is 10.1 Å². The second kappa shape index (κ2) is 10.6. The van der Waals surface area contributed by atoms with Gasteiger partial charge in [-0.2, -0.15) is 5.10 Å². The van der Waals surface area contributed by atoms with Crippen LogP contribution in [0.25, 0.3) is 11.4 Å². The van der Waals surface area contributed by atoms with Crippen molar-refractivity contribution in [1.82, 2.24) is 25.4 Å². The molecule has 2 amide bonds. The Balaban J connectivity index is 1.40. The highest BCUT2D eigenvalue weighted by Crippen LogP contribution is 2.21. The van der Waals surface area contributed by atoms with E-state index in [0.29, 0.717) is 18.9 Å². The Bertz CT molecular complexity index is 807. The molecule has 9 nitrogen and oxygen atoms in total. The van der Waals surface area contributed by atoms with Gasteiger partial charge in [0.15, 0.2) is 0 Å². The first kappa shape index (κ1) is 21.6. The summed E-state index contributed by atoms with van der Waals surface area (Å²) in [6, 6.07) is 5.63. The molecule has 1 aliphatic rings. The molecule has 1 atom stereocenters. The molecule has 0 saturated carbocycles. The molecule has 3 heterocycles. The fraction of sp³-hybridized carbons (Fsp3) is 0.524. The van der Waals surface area contributed by atoms with Crippen molar-refractivity contribution in [3.8, 4) is 17.1 Å². The van der Waals surface area contributed by atoms with Crippen LogP contribution in [0.2, 0.25) is 0 Å². The van der Waals surface area contributed by atoms with Gasteiger partial charge in [-0.25, -0.2) is 4.79 Å². The van der Waals surface area contributed by atoms with Crippen molar-refractivity contribution in [3.05, 3.63) is 30.6 Å². The van der Waals surface area contributed by atoms with Gasteiger partial charge in [-0.1, -0.05) is 0 Å². The fourth-order valence-corrected chi connectivity index (χ4v) is 3.35. The van der Waals surface area contributed by atoms with E-state index in [0.717, 1.165) is 30.8 Å². The SMILES string of the molecule is CC(C)OC(=O)NCCC(=O)N1CCC[C@@H](COc2ccc(-c3ccn[nH]3)nc2)C1. The summed E-state index contributed by atoms with van der Waals surface area (Å²) in [6.45, 7) is 5.78. The van der Waals surface area contributed by atoms with E-state index in [9.17, 15) is 9.59 Å². The number of carbonyl (C=O) groups excluding carboxylic acids is 2. The van der Waals surface area contributed by atoms with Crippen molar-refractivity contribution in [2.45, 2.75) is 39.2 Å². The molecule has 0 spiro atoms. The Labute approximate surface area is 176 Å². The van der Waals surface area contributed by atoms with Gasteiger partial charge in [-0.05, 0) is 44.9 Å². The van der Waals surface area contributed by atoms with Crippen LogP contribution in [0.5, 0.6) is 5.75 Å². The molecule has 0 radical (unpaired) electrons. The molecule has 2 N–H and O–H groups in total. The molecule has 2 aromatic rings. The quantitative estimate of drug-likeness (QED) is 0.686. The third-order valence-electron chi connectivity index (χ3n) is 4.82. The van der Waals surface area contributed by atoms with Gasteiger partial charge in [0.25, 0.3) is 0 Å². The van der Waals surface area contributed by atoms with Gasteiger partial charge in [0.1, 0.15) is 5.75 Å². The molecule has 0 bridgehead atoms. The topological polar surface area (TPSA) is 109 Å². The minimum absolute atomic E-state index is 0.0372. The second-order valence-electron chi connectivity index (χ2n) is 7.64. The molecule has 0 unspecified atom stereocenters. The van der Waals surface area contributed by atoms with E-state index < -0.39 is 6.09 Å². The summed E-state index contributed by atoms with van der Waals surface area (Å²) < 4.78 is 10.9. The number of piperidine rings is 1. The minimum atomic E-state index is -0.491. The summed E-state index contributed by atoms with van der Waals surface area (Å²) in [5, 5.41) is 9.41. The van der Waals surface area contributed by atoms with Gasteiger partial charge in [0, 0.05) is 38.2 Å². The molecule has 0 aliphatic carbocycles. The highest BCUT2D eigenvalue weighted by atomic mass is 16.6. The van der Waals surface area contributed by atoms with Crippen molar-refractivity contribution in [2.24, 2.45) is 5.92 Å². The molecular formula is C21H29N5O4. The summed E-state index contributed by atoms with van der Waals surface area (Å²) in [4.78, 5) is 30.2. The molecule has 9 heteroatoms. The molecule has 162 valence electrons. The number of hydrogen-bond donors (Lipinski definition) is 2. The molecule has 3 rings (SSSR count). The maximum atomic E-state index is 12.4. The number of pyridine rings is 1. The minimum Gasteiger partial charge on any atom is -0.492 e. The predicted molar refractivity (Wildman–Crippen MR) is 111 cm³/mol. The summed E-state index contributed by atoms with van der Waals surface area (Å²) in [7, 11) is 0. The first-order valence-electron chi connectivity index (χ1n) is 10.3. The molecule has 1 aliphatic heterocycles. The van der Waals surface area contributed by atoms with Crippen molar-refractivity contribution in [3.63, 3.8) is 0 Å². The molecular weight excluding hydrogens is 386 g/mol. The molecule has 1 fully saturated rings. The van der Waals surface area contributed by atoms with Gasteiger partial charge in [0.05, 0.1) is 30.3 Å². The maximum absolute atomic E-state index is 12.4. The highest BCUT2D eigenvalue weighted by Gasteiger charge is 2.24. The van der Waals surface area contributed by atoms with Crippen molar-refractivity contribution >= 4 is 12.0 Å². The first-order valence-corrected chi connectivity index (χ1v) is 10.3. The van der Waals surface area contributed by atoms with Crippen LogP contribution in [0.4, 0.5) is 4.79 Å². The Hall–Kier alpha value is -3.10. The number of amides is 2. The number of aromatic nitrogens is 3. The number of H-pyrrole nitrogens is 1. The summed E-state index contributed by atoms with van der Waals surface area (Å²) in [5.74, 6) is 1.01. The lowest BCUT2D eigenvalue weighted by molar-refractivity contribution is -0.133. The van der Waals surface area contributed by atoms with Crippen LogP contribution in [0.3, 0.4) is 0 Å².